The Morgan fingerprint density at radius 3 is 1.08 bits per heavy atom. The van der Waals surface area contributed by atoms with Gasteiger partial charge < -0.3 is 4.90 Å². The maximum absolute atomic E-state index is 5.91. The van der Waals surface area contributed by atoms with Crippen molar-refractivity contribution in [2.45, 2.75) is 9.79 Å². The first-order valence-corrected chi connectivity index (χ1v) is 40.1. The fourth-order valence-corrected chi connectivity index (χ4v) is 20.0. The zero-order valence-electron chi connectivity index (χ0n) is 62.4. The average Bonchev–Trinajstić information content (AvgIpc) is 1.21. The van der Waals surface area contributed by atoms with Gasteiger partial charge in [0.15, 0.2) is 11.6 Å². The van der Waals surface area contributed by atoms with Crippen molar-refractivity contribution in [1.82, 2.24) is 48.2 Å². The van der Waals surface area contributed by atoms with E-state index in [4.69, 9.17) is 29.9 Å². The van der Waals surface area contributed by atoms with E-state index in [9.17, 15) is 0 Å². The van der Waals surface area contributed by atoms with E-state index in [1.807, 2.05) is 11.8 Å². The summed E-state index contributed by atoms with van der Waals surface area (Å²) in [7, 11) is 0. The van der Waals surface area contributed by atoms with Gasteiger partial charge in [0, 0.05) is 81.1 Å². The molecular weight excluding hydrogens is 1430 g/mol. The first-order chi connectivity index (χ1) is 57.6. The highest BCUT2D eigenvalue weighted by molar-refractivity contribution is 8.00. The molecule has 24 rings (SSSR count). The van der Waals surface area contributed by atoms with Crippen molar-refractivity contribution in [1.29, 1.82) is 0 Å². The van der Waals surface area contributed by atoms with Crippen molar-refractivity contribution in [2.75, 3.05) is 4.90 Å². The Bertz CT molecular complexity index is 7620. The predicted molar refractivity (Wildman–Crippen MR) is 480 cm³/mol. The second kappa shape index (κ2) is 26.3. The molecule has 0 unspecified atom stereocenters. The van der Waals surface area contributed by atoms with Crippen LogP contribution in [0.2, 0.25) is 0 Å². The minimum absolute atomic E-state index is 0.0866. The summed E-state index contributed by atoms with van der Waals surface area (Å²) in [5.41, 5.74) is 24.2. The Hall–Kier alpha value is -15.0. The average molecular weight is 1500 g/mol. The zero-order valence-corrected chi connectivity index (χ0v) is 63.2. The molecule has 116 heavy (non-hydrogen) atoms. The Labute approximate surface area is 671 Å². The summed E-state index contributed by atoms with van der Waals surface area (Å²) in [6.45, 7) is -0.353. The van der Waals surface area contributed by atoms with Crippen LogP contribution in [0, 0.1) is 0 Å². The smallest absolute Gasteiger partial charge is 0.248 e. The van der Waals surface area contributed by atoms with Gasteiger partial charge in [0.05, 0.1) is 44.1 Å². The summed E-state index contributed by atoms with van der Waals surface area (Å²) < 4.78 is 8.94. The third-order valence-electron chi connectivity index (χ3n) is 23.8. The summed E-state index contributed by atoms with van der Waals surface area (Å²) >= 11 is 1.83. The van der Waals surface area contributed by atoms with Gasteiger partial charge in [-0.1, -0.05) is 319 Å². The maximum atomic E-state index is 5.91. The van der Waals surface area contributed by atoms with Gasteiger partial charge in [0.1, 0.15) is 0 Å². The van der Waals surface area contributed by atoms with Crippen LogP contribution < -0.4 is 37.7 Å². The fourth-order valence-electron chi connectivity index (χ4n) is 18.8. The first kappa shape index (κ1) is 65.7. The number of para-hydroxylation sites is 9. The van der Waals surface area contributed by atoms with Crippen LogP contribution in [0.15, 0.2) is 392 Å². The van der Waals surface area contributed by atoms with Crippen LogP contribution >= 0.6 is 11.8 Å². The molecule has 0 N–H and O–H groups in total. The molecule has 2 aliphatic rings. The Balaban J connectivity index is 0.715. The maximum Gasteiger partial charge on any atom is 0.248 e. The number of anilines is 3. The third-order valence-corrected chi connectivity index (χ3v) is 25.0. The number of nitrogens with zero attached hydrogens (tertiary/aromatic N) is 11. The van der Waals surface area contributed by atoms with Crippen molar-refractivity contribution >= 4 is 162 Å². The van der Waals surface area contributed by atoms with Crippen LogP contribution in [0.3, 0.4) is 0 Å². The predicted octanol–water partition coefficient (Wildman–Crippen LogP) is 20.4. The molecule has 2 aliphatic heterocycles. The summed E-state index contributed by atoms with van der Waals surface area (Å²) in [6, 6.07) is 138. The van der Waals surface area contributed by atoms with Crippen molar-refractivity contribution in [3.05, 3.63) is 382 Å². The Kier molecular flexibility index (Phi) is 14.9. The SMILES string of the molecule is c1ccc(-c2cccc(-c3nc(-n4c5ccccc5c5ccccc54)nc(-n4c5ccccc5c5ccc(-c6ccc7c(c6)c6ccccc6n7-c6nc(-c7ccccc7B7c8ccccc8Sc8ccccc87)nc(-n7c8ccccc8c8ccccc87)n6)cc54)n3)c2B2c3ccccc3N(c3ccccc3)c3ccccc32)cc1. The molecule has 8 heterocycles. The molecule has 0 bridgehead atoms. The van der Waals surface area contributed by atoms with E-state index in [1.165, 1.54) is 31.6 Å². The normalized spacial score (nSPS) is 12.6. The second-order valence-corrected chi connectivity index (χ2v) is 31.1. The highest BCUT2D eigenvalue weighted by Gasteiger charge is 2.40. The molecule has 14 heteroatoms. The van der Waals surface area contributed by atoms with E-state index in [0.717, 1.165) is 149 Å². The topological polar surface area (TPSA) is 100 Å². The van der Waals surface area contributed by atoms with Crippen LogP contribution in [0.1, 0.15) is 0 Å². The summed E-state index contributed by atoms with van der Waals surface area (Å²) in [4.78, 5) is 39.4. The lowest BCUT2D eigenvalue weighted by atomic mass is 9.33. The highest BCUT2D eigenvalue weighted by Crippen LogP contribution is 2.43. The van der Waals surface area contributed by atoms with Crippen molar-refractivity contribution < 1.29 is 0 Å². The molecule has 0 radical (unpaired) electrons. The Morgan fingerprint density at radius 2 is 0.569 bits per heavy atom. The Morgan fingerprint density at radius 1 is 0.216 bits per heavy atom. The van der Waals surface area contributed by atoms with Gasteiger partial charge in [-0.15, -0.1) is 0 Å². The number of fused-ring (bicyclic) bond motifs is 16. The molecule has 0 amide bonds. The third kappa shape index (κ3) is 10.2. The molecule has 0 spiro atoms. The number of hydrogen-bond acceptors (Lipinski definition) is 8. The van der Waals surface area contributed by atoms with E-state index in [0.29, 0.717) is 35.4 Å². The van der Waals surface area contributed by atoms with E-state index < -0.39 is 0 Å². The van der Waals surface area contributed by atoms with Gasteiger partial charge in [-0.05, 0) is 130 Å². The van der Waals surface area contributed by atoms with Gasteiger partial charge in [-0.3, -0.25) is 18.3 Å². The molecule has 22 aromatic rings. The molecule has 0 saturated carbocycles. The number of benzene rings is 16. The quantitative estimate of drug-likeness (QED) is 0.118. The number of rotatable bonds is 11. The molecule has 11 nitrogen and oxygen atoms in total. The lowest BCUT2D eigenvalue weighted by Crippen LogP contribution is -2.58. The summed E-state index contributed by atoms with van der Waals surface area (Å²) in [5.74, 6) is 3.13. The number of aromatic nitrogens is 10. The standard InChI is InChI=1S/C102H63B2N11S/c1-3-30-64(31-4-1)68-41-29-42-77(96(68)104-80-44-15-25-54-91(80)111(67-32-5-2-6-33-67)92-55-26-16-45-81(92)104)98-107-101(113-86-50-21-10-36-71(86)72-37-11-22-51-87(72)113)110-102(108-98)115-88-52-23-12-38-73(88)75-60-58-66(63-93(75)115)65-59-61-90-78(62-65)74-39-13-24-53-89(74)114(90)100-106-97(105-99(109-100)112-84-48-19-8-34-69(84)70-35-9-20-49-85(70)112)76-40-7-14-43-79(76)103-82-46-17-27-56-94(82)116-95-57-28-18-47-83(95)103/h1-63H. The van der Waals surface area contributed by atoms with E-state index in [1.54, 1.807) is 0 Å². The zero-order chi connectivity index (χ0) is 76.1. The van der Waals surface area contributed by atoms with Crippen LogP contribution in [0.4, 0.5) is 17.1 Å². The molecule has 0 saturated heterocycles. The molecule has 0 aliphatic carbocycles. The summed E-state index contributed by atoms with van der Waals surface area (Å²) in [6.07, 6.45) is 0. The lowest BCUT2D eigenvalue weighted by Gasteiger charge is -2.37. The fraction of sp³-hybridized carbons (Fsp3) is 0. The molecular formula is C102H63B2N11S. The van der Waals surface area contributed by atoms with Gasteiger partial charge in [-0.2, -0.15) is 29.9 Å². The van der Waals surface area contributed by atoms with E-state index >= 15 is 0 Å². The second-order valence-electron chi connectivity index (χ2n) is 30.0. The summed E-state index contributed by atoms with van der Waals surface area (Å²) in [5, 5.41) is 8.70. The molecule has 6 aromatic heterocycles. The van der Waals surface area contributed by atoms with E-state index in [-0.39, 0.29) is 13.4 Å². The van der Waals surface area contributed by atoms with Crippen molar-refractivity contribution in [3.63, 3.8) is 0 Å². The van der Waals surface area contributed by atoms with Gasteiger partial charge >= 0.3 is 0 Å². The first-order valence-electron chi connectivity index (χ1n) is 39.3. The van der Waals surface area contributed by atoms with Gasteiger partial charge in [-0.25, -0.2) is 0 Å². The van der Waals surface area contributed by atoms with Crippen molar-refractivity contribution in [3.8, 4) is 68.8 Å². The van der Waals surface area contributed by atoms with Crippen molar-refractivity contribution in [2.24, 2.45) is 0 Å². The highest BCUT2D eigenvalue weighted by atomic mass is 32.2. The van der Waals surface area contributed by atoms with Crippen LogP contribution in [0.25, 0.3) is 156 Å². The number of hydrogen-bond donors (Lipinski definition) is 0. The minimum atomic E-state index is -0.266. The lowest BCUT2D eigenvalue weighted by molar-refractivity contribution is 0.893. The van der Waals surface area contributed by atoms with Crippen LogP contribution in [0.5, 0.6) is 0 Å². The largest absolute Gasteiger partial charge is 0.312 e. The molecule has 16 aromatic carbocycles. The van der Waals surface area contributed by atoms with Crippen LogP contribution in [-0.4, -0.2) is 61.6 Å². The monoisotopic (exact) mass is 1500 g/mol. The minimum Gasteiger partial charge on any atom is -0.312 e. The molecule has 538 valence electrons. The molecule has 0 atom stereocenters. The van der Waals surface area contributed by atoms with E-state index in [2.05, 4.69) is 405 Å². The van der Waals surface area contributed by atoms with Gasteiger partial charge in [0.25, 0.3) is 0 Å². The van der Waals surface area contributed by atoms with Gasteiger partial charge in [0.2, 0.25) is 37.2 Å². The van der Waals surface area contributed by atoms with Crippen LogP contribution in [-0.2, 0) is 0 Å². The molecule has 0 fully saturated rings.